The number of hydrogen-bond donors (Lipinski definition) is 2. The molecule has 0 saturated heterocycles. The molecule has 2 heteroatoms. The average Bonchev–Trinajstić information content (AvgIpc) is 2.37. The average molecular weight is 124 g/mol. The molecule has 5 radical (unpaired) electrons. The van der Waals surface area contributed by atoms with Crippen LogP contribution in [-0.2, 0) is 0 Å². The van der Waals surface area contributed by atoms with E-state index in [-0.39, 0.29) is 12.6 Å². The molecule has 49 valence electrons. The van der Waals surface area contributed by atoms with Crippen molar-refractivity contribution in [3.05, 3.63) is 31.6 Å². The summed E-state index contributed by atoms with van der Waals surface area (Å²) in [6.45, 7) is 0.0179. The van der Waals surface area contributed by atoms with E-state index in [0.717, 1.165) is 5.92 Å². The van der Waals surface area contributed by atoms with Gasteiger partial charge >= 0.3 is 0 Å². The lowest BCUT2D eigenvalue weighted by Crippen LogP contribution is -2.30. The van der Waals surface area contributed by atoms with Crippen LogP contribution in [0.5, 0.6) is 0 Å². The van der Waals surface area contributed by atoms with E-state index < -0.39 is 0 Å². The van der Waals surface area contributed by atoms with Crippen molar-refractivity contribution in [3.8, 4) is 0 Å². The Morgan fingerprint density at radius 1 is 1.44 bits per heavy atom. The predicted octanol–water partition coefficient (Wildman–Crippen LogP) is -0.289. The van der Waals surface area contributed by atoms with Crippen LogP contribution in [0, 0.1) is 31.6 Å². The Hall–Kier alpha value is -0.0800. The molecule has 0 aromatic heterocycles. The molecule has 1 atom stereocenters. The molecule has 2 nitrogen and oxygen atoms in total. The zero-order valence-corrected chi connectivity index (χ0v) is 5.12. The summed E-state index contributed by atoms with van der Waals surface area (Å²) in [6.07, 6.45) is 7.62. The minimum Gasteiger partial charge on any atom is -0.395 e. The van der Waals surface area contributed by atoms with Gasteiger partial charge < -0.3 is 10.8 Å². The van der Waals surface area contributed by atoms with Crippen molar-refractivity contribution in [1.29, 1.82) is 0 Å². The normalized spacial score (nSPS) is 24.7. The molecule has 0 aliphatic heterocycles. The zero-order chi connectivity index (χ0) is 6.69. The molecule has 0 aromatic carbocycles. The van der Waals surface area contributed by atoms with E-state index >= 15 is 0 Å². The molecule has 1 rings (SSSR count). The van der Waals surface area contributed by atoms with Crippen molar-refractivity contribution in [3.63, 3.8) is 0 Å². The first kappa shape index (κ1) is 7.03. The monoisotopic (exact) mass is 124 g/mol. The van der Waals surface area contributed by atoms with Crippen LogP contribution < -0.4 is 5.73 Å². The van der Waals surface area contributed by atoms with Gasteiger partial charge in [0.15, 0.2) is 0 Å². The molecule has 1 aliphatic rings. The largest absolute Gasteiger partial charge is 0.395 e. The third-order valence-corrected chi connectivity index (χ3v) is 1.31. The highest BCUT2D eigenvalue weighted by atomic mass is 16.3. The van der Waals surface area contributed by atoms with Gasteiger partial charge in [0.1, 0.15) is 0 Å². The van der Waals surface area contributed by atoms with Crippen molar-refractivity contribution in [1.82, 2.24) is 0 Å². The van der Waals surface area contributed by atoms with Gasteiger partial charge in [-0.1, -0.05) is 0 Å². The first-order valence-corrected chi connectivity index (χ1v) is 2.92. The van der Waals surface area contributed by atoms with E-state index in [9.17, 15) is 0 Å². The van der Waals surface area contributed by atoms with Crippen LogP contribution >= 0.6 is 0 Å². The van der Waals surface area contributed by atoms with Gasteiger partial charge in [-0.15, -0.1) is 0 Å². The van der Waals surface area contributed by atoms with Crippen LogP contribution in [0.2, 0.25) is 0 Å². The van der Waals surface area contributed by atoms with Crippen LogP contribution in [-0.4, -0.2) is 17.8 Å². The molecule has 0 heterocycles. The van der Waals surface area contributed by atoms with Gasteiger partial charge in [-0.25, -0.2) is 0 Å². The summed E-state index contributed by atoms with van der Waals surface area (Å²) < 4.78 is 0. The molecule has 0 amide bonds. The molecule has 0 spiro atoms. The molecule has 0 unspecified atom stereocenters. The fraction of sp³-hybridized carbons (Fsp3) is 0.286. The molecule has 9 heavy (non-hydrogen) atoms. The molecule has 0 bridgehead atoms. The van der Waals surface area contributed by atoms with Crippen LogP contribution in [0.3, 0.4) is 0 Å². The maximum atomic E-state index is 8.58. The van der Waals surface area contributed by atoms with Crippen molar-refractivity contribution in [2.24, 2.45) is 5.73 Å². The highest BCUT2D eigenvalue weighted by Gasteiger charge is 2.22. The second-order valence-corrected chi connectivity index (χ2v) is 2.01. The standard InChI is InChI=1S/C7H10NO/c8-7(5-9)6-3-1-2-4-6/h1-4,7,9H,5,8H2/t7-/m1/s1. The second-order valence-electron chi connectivity index (χ2n) is 2.01. The third kappa shape index (κ3) is 1.66. The minimum atomic E-state index is -0.208. The van der Waals surface area contributed by atoms with E-state index in [0.29, 0.717) is 0 Å². The second kappa shape index (κ2) is 3.18. The Kier molecular flexibility index (Phi) is 2.49. The van der Waals surface area contributed by atoms with Gasteiger partial charge in [-0.2, -0.15) is 0 Å². The molecule has 1 aliphatic carbocycles. The van der Waals surface area contributed by atoms with Crippen molar-refractivity contribution >= 4 is 0 Å². The Balaban J connectivity index is 2.24. The zero-order valence-electron chi connectivity index (χ0n) is 5.12. The lowest BCUT2D eigenvalue weighted by molar-refractivity contribution is 0.274. The van der Waals surface area contributed by atoms with Gasteiger partial charge in [0.05, 0.1) is 6.61 Å². The van der Waals surface area contributed by atoms with E-state index in [4.69, 9.17) is 10.8 Å². The topological polar surface area (TPSA) is 46.2 Å². The molecular weight excluding hydrogens is 114 g/mol. The SMILES string of the molecule is N[C@H](CO)[C]1[CH][CH][CH][CH]1. The van der Waals surface area contributed by atoms with Gasteiger partial charge in [-0.3, -0.25) is 0 Å². The van der Waals surface area contributed by atoms with Gasteiger partial charge in [-0.05, 0) is 25.7 Å². The lowest BCUT2D eigenvalue weighted by atomic mass is 10.0. The number of aliphatic hydroxyl groups excluding tert-OH is 1. The van der Waals surface area contributed by atoms with Crippen molar-refractivity contribution in [2.45, 2.75) is 6.04 Å². The summed E-state index contributed by atoms with van der Waals surface area (Å²) >= 11 is 0. The van der Waals surface area contributed by atoms with Crippen LogP contribution in [0.15, 0.2) is 0 Å². The minimum absolute atomic E-state index is 0.0179. The number of rotatable bonds is 2. The van der Waals surface area contributed by atoms with E-state index in [1.165, 1.54) is 0 Å². The Bertz CT molecular complexity index is 79.0. The van der Waals surface area contributed by atoms with Gasteiger partial charge in [0, 0.05) is 12.0 Å². The quantitative estimate of drug-likeness (QED) is 0.531. The van der Waals surface area contributed by atoms with E-state index in [1.54, 1.807) is 0 Å². The van der Waals surface area contributed by atoms with Crippen LogP contribution in [0.25, 0.3) is 0 Å². The first-order valence-electron chi connectivity index (χ1n) is 2.92. The number of nitrogens with two attached hydrogens (primary N) is 1. The predicted molar refractivity (Wildman–Crippen MR) is 35.5 cm³/mol. The Morgan fingerprint density at radius 2 is 2.00 bits per heavy atom. The van der Waals surface area contributed by atoms with Gasteiger partial charge in [0.25, 0.3) is 0 Å². The summed E-state index contributed by atoms with van der Waals surface area (Å²) in [7, 11) is 0. The van der Waals surface area contributed by atoms with E-state index in [2.05, 4.69) is 0 Å². The number of aliphatic hydroxyl groups is 1. The molecule has 1 saturated carbocycles. The van der Waals surface area contributed by atoms with Crippen LogP contribution in [0.1, 0.15) is 0 Å². The molecule has 3 N–H and O–H groups in total. The lowest BCUT2D eigenvalue weighted by Gasteiger charge is -2.13. The van der Waals surface area contributed by atoms with Gasteiger partial charge in [0.2, 0.25) is 0 Å². The highest BCUT2D eigenvalue weighted by molar-refractivity contribution is 5.38. The fourth-order valence-corrected chi connectivity index (χ4v) is 0.741. The summed E-state index contributed by atoms with van der Waals surface area (Å²) in [6, 6.07) is -0.208. The number of hydrogen-bond acceptors (Lipinski definition) is 2. The van der Waals surface area contributed by atoms with Crippen molar-refractivity contribution in [2.75, 3.05) is 6.61 Å². The summed E-state index contributed by atoms with van der Waals surface area (Å²) in [4.78, 5) is 0. The smallest absolute Gasteiger partial charge is 0.0588 e. The maximum Gasteiger partial charge on any atom is 0.0588 e. The fourth-order valence-electron chi connectivity index (χ4n) is 0.741. The Morgan fingerprint density at radius 3 is 2.44 bits per heavy atom. The highest BCUT2D eigenvalue weighted by Crippen LogP contribution is 2.24. The summed E-state index contributed by atoms with van der Waals surface area (Å²) in [5, 5.41) is 8.58. The van der Waals surface area contributed by atoms with Crippen LogP contribution in [0.4, 0.5) is 0 Å². The summed E-state index contributed by atoms with van der Waals surface area (Å²) in [5.41, 5.74) is 5.49. The van der Waals surface area contributed by atoms with E-state index in [1.807, 2.05) is 25.7 Å². The molecular formula is C7H10NO. The Labute approximate surface area is 56.1 Å². The summed E-state index contributed by atoms with van der Waals surface area (Å²) in [5.74, 6) is 0.998. The molecule has 1 fully saturated rings. The third-order valence-electron chi connectivity index (χ3n) is 1.31. The van der Waals surface area contributed by atoms with Crippen molar-refractivity contribution < 1.29 is 5.11 Å². The first-order chi connectivity index (χ1) is 4.34. The molecule has 0 aromatic rings. The maximum absolute atomic E-state index is 8.58.